The molecule has 0 radical (unpaired) electrons. The van der Waals surface area contributed by atoms with Gasteiger partial charge in [0.25, 0.3) is 0 Å². The molecule has 4 aromatic rings. The zero-order valence-corrected chi connectivity index (χ0v) is 19.0. The molecule has 1 atom stereocenters. The average molecular weight is 459 g/mol. The number of halogens is 1. The number of anilines is 1. The zero-order valence-electron chi connectivity index (χ0n) is 17.5. The topological polar surface area (TPSA) is 90.0 Å². The highest BCUT2D eigenvalue weighted by Gasteiger charge is 2.40. The summed E-state index contributed by atoms with van der Waals surface area (Å²) < 4.78 is 34.5. The SMILES string of the molecule is CC[C@@](c1ccc(Cl)cc1)(c1noc(C)n1)n1ccc2c(NS(=O)(=O)CC)cccc21. The fourth-order valence-electron chi connectivity index (χ4n) is 3.93. The Balaban J connectivity index is 1.99. The fourth-order valence-corrected chi connectivity index (χ4v) is 4.71. The van der Waals surface area contributed by atoms with Crippen molar-refractivity contribution in [2.75, 3.05) is 10.5 Å². The van der Waals surface area contributed by atoms with Crippen LogP contribution in [0.2, 0.25) is 5.02 Å². The van der Waals surface area contributed by atoms with Crippen molar-refractivity contribution in [3.05, 3.63) is 77.0 Å². The summed E-state index contributed by atoms with van der Waals surface area (Å²) in [5.74, 6) is 0.983. The van der Waals surface area contributed by atoms with Crippen LogP contribution in [0.3, 0.4) is 0 Å². The molecule has 9 heteroatoms. The van der Waals surface area contributed by atoms with E-state index < -0.39 is 15.6 Å². The largest absolute Gasteiger partial charge is 0.340 e. The second kappa shape index (κ2) is 8.01. The maximum absolute atomic E-state index is 12.2. The smallest absolute Gasteiger partial charge is 0.232 e. The van der Waals surface area contributed by atoms with Gasteiger partial charge < -0.3 is 9.09 Å². The van der Waals surface area contributed by atoms with Gasteiger partial charge >= 0.3 is 0 Å². The summed E-state index contributed by atoms with van der Waals surface area (Å²) >= 11 is 6.15. The summed E-state index contributed by atoms with van der Waals surface area (Å²) in [5.41, 5.74) is 1.54. The molecule has 0 aliphatic carbocycles. The molecule has 0 unspecified atom stereocenters. The number of nitrogens with zero attached hydrogens (tertiary/aromatic N) is 3. The van der Waals surface area contributed by atoms with Gasteiger partial charge in [-0.05, 0) is 49.2 Å². The van der Waals surface area contributed by atoms with Crippen LogP contribution in [-0.4, -0.2) is 28.9 Å². The Kier molecular flexibility index (Phi) is 5.53. The van der Waals surface area contributed by atoms with Crippen LogP contribution in [-0.2, 0) is 15.6 Å². The first-order valence-electron chi connectivity index (χ1n) is 9.98. The third kappa shape index (κ3) is 3.70. The molecule has 31 heavy (non-hydrogen) atoms. The lowest BCUT2D eigenvalue weighted by Gasteiger charge is -2.33. The lowest BCUT2D eigenvalue weighted by atomic mass is 9.85. The number of hydrogen-bond donors (Lipinski definition) is 1. The second-order valence-electron chi connectivity index (χ2n) is 7.29. The normalized spacial score (nSPS) is 13.9. The first kappa shape index (κ1) is 21.4. The Morgan fingerprint density at radius 3 is 2.48 bits per heavy atom. The van der Waals surface area contributed by atoms with E-state index in [0.29, 0.717) is 28.8 Å². The number of hydrogen-bond acceptors (Lipinski definition) is 5. The van der Waals surface area contributed by atoms with Gasteiger partial charge in [-0.15, -0.1) is 0 Å². The van der Waals surface area contributed by atoms with Crippen molar-refractivity contribution in [3.63, 3.8) is 0 Å². The number of fused-ring (bicyclic) bond motifs is 1. The quantitative estimate of drug-likeness (QED) is 0.423. The fraction of sp³-hybridized carbons (Fsp3) is 0.273. The monoisotopic (exact) mass is 458 g/mol. The van der Waals surface area contributed by atoms with Crippen LogP contribution in [0.5, 0.6) is 0 Å². The Labute approximate surface area is 186 Å². The molecule has 2 heterocycles. The van der Waals surface area contributed by atoms with Crippen LogP contribution in [0, 0.1) is 6.92 Å². The predicted octanol–water partition coefficient (Wildman–Crippen LogP) is 4.95. The molecule has 0 spiro atoms. The molecule has 0 bridgehead atoms. The van der Waals surface area contributed by atoms with E-state index in [1.807, 2.05) is 48.7 Å². The number of nitrogens with one attached hydrogen (secondary N) is 1. The zero-order chi connectivity index (χ0) is 22.2. The van der Waals surface area contributed by atoms with E-state index >= 15 is 0 Å². The Bertz CT molecular complexity index is 1330. The molecular formula is C22H23ClN4O3S. The molecule has 0 amide bonds. The lowest BCUT2D eigenvalue weighted by molar-refractivity contribution is 0.348. The number of aromatic nitrogens is 3. The van der Waals surface area contributed by atoms with Gasteiger partial charge in [-0.2, -0.15) is 4.98 Å². The molecular weight excluding hydrogens is 436 g/mol. The van der Waals surface area contributed by atoms with Crippen LogP contribution in [0.4, 0.5) is 5.69 Å². The average Bonchev–Trinajstić information content (AvgIpc) is 3.38. The van der Waals surface area contributed by atoms with E-state index in [9.17, 15) is 8.42 Å². The van der Waals surface area contributed by atoms with E-state index in [2.05, 4.69) is 26.4 Å². The standard InChI is InChI=1S/C22H23ClN4O3S/c1-4-22(21-24-15(3)30-25-21,16-9-11-17(23)12-10-16)27-14-13-18-19(7-6-8-20(18)27)26-31(28,29)5-2/h6-14,26H,4-5H2,1-3H3/t22-/m1/s1. The van der Waals surface area contributed by atoms with Crippen molar-refractivity contribution in [1.29, 1.82) is 0 Å². The molecule has 0 aliphatic rings. The number of benzene rings is 2. The number of aryl methyl sites for hydroxylation is 1. The molecule has 7 nitrogen and oxygen atoms in total. The van der Waals surface area contributed by atoms with Crippen molar-refractivity contribution in [2.45, 2.75) is 32.7 Å². The summed E-state index contributed by atoms with van der Waals surface area (Å²) in [6, 6.07) is 15.0. The summed E-state index contributed by atoms with van der Waals surface area (Å²) in [5, 5.41) is 5.68. The summed E-state index contributed by atoms with van der Waals surface area (Å²) in [4.78, 5) is 4.57. The molecule has 162 valence electrons. The van der Waals surface area contributed by atoms with Gasteiger partial charge in [-0.25, -0.2) is 8.42 Å². The van der Waals surface area contributed by atoms with E-state index in [0.717, 1.165) is 16.5 Å². The molecule has 2 aromatic heterocycles. The van der Waals surface area contributed by atoms with Crippen molar-refractivity contribution in [3.8, 4) is 0 Å². The first-order chi connectivity index (χ1) is 14.8. The Hall–Kier alpha value is -2.84. The first-order valence-corrected chi connectivity index (χ1v) is 12.0. The van der Waals surface area contributed by atoms with Gasteiger partial charge in [0, 0.05) is 23.5 Å². The lowest BCUT2D eigenvalue weighted by Crippen LogP contribution is -2.36. The molecule has 0 saturated carbocycles. The molecule has 4 rings (SSSR count). The molecule has 0 fully saturated rings. The van der Waals surface area contributed by atoms with Crippen molar-refractivity contribution >= 4 is 38.2 Å². The van der Waals surface area contributed by atoms with Crippen LogP contribution >= 0.6 is 11.6 Å². The van der Waals surface area contributed by atoms with Gasteiger partial charge in [0.2, 0.25) is 21.7 Å². The number of sulfonamides is 1. The van der Waals surface area contributed by atoms with Crippen molar-refractivity contribution < 1.29 is 12.9 Å². The van der Waals surface area contributed by atoms with Gasteiger partial charge in [0.15, 0.2) is 0 Å². The minimum Gasteiger partial charge on any atom is -0.340 e. The van der Waals surface area contributed by atoms with Gasteiger partial charge in [-0.3, -0.25) is 4.72 Å². The highest BCUT2D eigenvalue weighted by atomic mass is 35.5. The van der Waals surface area contributed by atoms with E-state index in [1.54, 1.807) is 19.9 Å². The van der Waals surface area contributed by atoms with Crippen LogP contribution in [0.1, 0.15) is 37.5 Å². The molecule has 0 saturated heterocycles. The number of rotatable bonds is 7. The van der Waals surface area contributed by atoms with Crippen LogP contribution < -0.4 is 4.72 Å². The van der Waals surface area contributed by atoms with E-state index in [1.165, 1.54) is 0 Å². The second-order valence-corrected chi connectivity index (χ2v) is 9.73. The highest BCUT2D eigenvalue weighted by Crippen LogP contribution is 2.40. The van der Waals surface area contributed by atoms with E-state index in [4.69, 9.17) is 16.1 Å². The molecule has 0 aliphatic heterocycles. The summed E-state index contributed by atoms with van der Waals surface area (Å²) in [6.07, 6.45) is 2.56. The predicted molar refractivity (Wildman–Crippen MR) is 122 cm³/mol. The highest BCUT2D eigenvalue weighted by molar-refractivity contribution is 7.92. The molecule has 1 N–H and O–H groups in total. The van der Waals surface area contributed by atoms with Crippen molar-refractivity contribution in [2.24, 2.45) is 0 Å². The minimum absolute atomic E-state index is 0.00406. The third-order valence-electron chi connectivity index (χ3n) is 5.52. The Morgan fingerprint density at radius 2 is 1.87 bits per heavy atom. The van der Waals surface area contributed by atoms with E-state index in [-0.39, 0.29) is 5.75 Å². The van der Waals surface area contributed by atoms with Gasteiger partial charge in [0.1, 0.15) is 5.54 Å². The third-order valence-corrected chi connectivity index (χ3v) is 7.06. The van der Waals surface area contributed by atoms with Crippen LogP contribution in [0.25, 0.3) is 10.9 Å². The maximum Gasteiger partial charge on any atom is 0.232 e. The van der Waals surface area contributed by atoms with Gasteiger partial charge in [-0.1, -0.05) is 41.9 Å². The summed E-state index contributed by atoms with van der Waals surface area (Å²) in [6.45, 7) is 5.41. The van der Waals surface area contributed by atoms with Gasteiger partial charge in [0.05, 0.1) is 17.0 Å². The summed E-state index contributed by atoms with van der Waals surface area (Å²) in [7, 11) is -3.42. The minimum atomic E-state index is -3.42. The maximum atomic E-state index is 12.2. The van der Waals surface area contributed by atoms with Crippen LogP contribution in [0.15, 0.2) is 59.3 Å². The van der Waals surface area contributed by atoms with Crippen molar-refractivity contribution in [1.82, 2.24) is 14.7 Å². The molecule has 2 aromatic carbocycles. The Morgan fingerprint density at radius 1 is 1.13 bits per heavy atom.